The van der Waals surface area contributed by atoms with Crippen molar-refractivity contribution in [1.29, 1.82) is 0 Å². The third kappa shape index (κ3) is 4.83. The molecule has 7 nitrogen and oxygen atoms in total. The lowest BCUT2D eigenvalue weighted by molar-refractivity contribution is -0.115. The molecule has 1 unspecified atom stereocenters. The van der Waals surface area contributed by atoms with E-state index in [-0.39, 0.29) is 40.7 Å². The Morgan fingerprint density at radius 2 is 1.82 bits per heavy atom. The maximum atomic E-state index is 14.1. The molecule has 0 fully saturated rings. The fourth-order valence-corrected chi connectivity index (χ4v) is 4.66. The summed E-state index contributed by atoms with van der Waals surface area (Å²) in [6.45, 7) is 6.80. The number of alkyl halides is 2. The standard InChI is InChI=1S/C29H29F2N3O4/c1-6-29(30,31)19-11-8-12-20(13-19)33-28(36)26-18(4)32-27(34(26)37)21-14-22(24(38-5)15-23(21)35)25-16(2)9-7-10-17(25)3/h7-15,21,37H,6H2,1-5H3,(H,33,36). The zero-order valence-corrected chi connectivity index (χ0v) is 21.8. The van der Waals surface area contributed by atoms with Gasteiger partial charge in [-0.1, -0.05) is 43.3 Å². The van der Waals surface area contributed by atoms with Crippen LogP contribution in [0.1, 0.15) is 63.5 Å². The third-order valence-electron chi connectivity index (χ3n) is 6.68. The Balaban J connectivity index is 1.71. The monoisotopic (exact) mass is 521 g/mol. The molecule has 0 saturated carbocycles. The van der Waals surface area contributed by atoms with Crippen LogP contribution in [-0.4, -0.2) is 33.7 Å². The van der Waals surface area contributed by atoms with Gasteiger partial charge in [0.2, 0.25) is 0 Å². The lowest BCUT2D eigenvalue weighted by Crippen LogP contribution is -2.22. The van der Waals surface area contributed by atoms with Crippen molar-refractivity contribution in [2.24, 2.45) is 0 Å². The van der Waals surface area contributed by atoms with Gasteiger partial charge in [-0.25, -0.2) is 13.8 Å². The van der Waals surface area contributed by atoms with E-state index < -0.39 is 17.7 Å². The number of carbonyl (C=O) groups excluding carboxylic acids is 2. The van der Waals surface area contributed by atoms with Gasteiger partial charge >= 0.3 is 0 Å². The summed E-state index contributed by atoms with van der Waals surface area (Å²) in [6.07, 6.45) is 2.64. The molecule has 38 heavy (non-hydrogen) atoms. The molecule has 2 aromatic carbocycles. The van der Waals surface area contributed by atoms with Crippen molar-refractivity contribution >= 4 is 23.0 Å². The molecule has 1 aromatic heterocycles. The van der Waals surface area contributed by atoms with Crippen LogP contribution in [-0.2, 0) is 15.5 Å². The Morgan fingerprint density at radius 1 is 1.16 bits per heavy atom. The van der Waals surface area contributed by atoms with Crippen molar-refractivity contribution < 1.29 is 28.3 Å². The molecule has 1 aliphatic carbocycles. The van der Waals surface area contributed by atoms with E-state index in [0.29, 0.717) is 16.1 Å². The van der Waals surface area contributed by atoms with Gasteiger partial charge in [0.15, 0.2) is 17.3 Å². The summed E-state index contributed by atoms with van der Waals surface area (Å²) < 4.78 is 34.4. The Labute approximate surface area is 219 Å². The summed E-state index contributed by atoms with van der Waals surface area (Å²) in [7, 11) is 1.48. The smallest absolute Gasteiger partial charge is 0.277 e. The number of imidazole rings is 1. The molecule has 0 bridgehead atoms. The van der Waals surface area contributed by atoms with Gasteiger partial charge in [0, 0.05) is 29.3 Å². The molecular weight excluding hydrogens is 492 g/mol. The van der Waals surface area contributed by atoms with Crippen LogP contribution in [0.3, 0.4) is 0 Å². The molecule has 1 amide bonds. The number of methoxy groups -OCH3 is 1. The SMILES string of the molecule is CCC(F)(F)c1cccc(NC(=O)c2c(C)nc(C3C=C(c4c(C)cccc4C)C(OC)=CC3=O)n2O)c1. The van der Waals surface area contributed by atoms with Gasteiger partial charge in [-0.15, -0.1) is 0 Å². The van der Waals surface area contributed by atoms with Crippen LogP contribution in [0.15, 0.2) is 60.4 Å². The highest BCUT2D eigenvalue weighted by molar-refractivity contribution is 6.06. The van der Waals surface area contributed by atoms with Crippen molar-refractivity contribution in [2.75, 3.05) is 12.4 Å². The molecule has 0 aliphatic heterocycles. The summed E-state index contributed by atoms with van der Waals surface area (Å²) in [4.78, 5) is 30.5. The molecule has 198 valence electrons. The van der Waals surface area contributed by atoms with Crippen LogP contribution in [0.4, 0.5) is 14.5 Å². The van der Waals surface area contributed by atoms with Gasteiger partial charge in [-0.05, 0) is 49.6 Å². The number of ketones is 1. The third-order valence-corrected chi connectivity index (χ3v) is 6.68. The number of ether oxygens (including phenoxy) is 1. The van der Waals surface area contributed by atoms with E-state index in [4.69, 9.17) is 4.74 Å². The van der Waals surface area contributed by atoms with Gasteiger partial charge in [0.1, 0.15) is 11.7 Å². The number of nitrogens with one attached hydrogen (secondary N) is 1. The van der Waals surface area contributed by atoms with Crippen molar-refractivity contribution in [3.8, 4) is 0 Å². The first-order chi connectivity index (χ1) is 18.0. The maximum absolute atomic E-state index is 14.1. The van der Waals surface area contributed by atoms with Crippen molar-refractivity contribution in [1.82, 2.24) is 9.71 Å². The molecule has 4 rings (SSSR count). The highest BCUT2D eigenvalue weighted by Crippen LogP contribution is 2.37. The molecule has 2 N–H and O–H groups in total. The first-order valence-electron chi connectivity index (χ1n) is 12.1. The van der Waals surface area contributed by atoms with Gasteiger partial charge in [0.25, 0.3) is 11.8 Å². The minimum Gasteiger partial charge on any atom is -0.496 e. The summed E-state index contributed by atoms with van der Waals surface area (Å²) in [5.74, 6) is -4.82. The average molecular weight is 522 g/mol. The average Bonchev–Trinajstić information content (AvgIpc) is 3.17. The normalized spacial score (nSPS) is 15.7. The fraction of sp³-hybridized carbons (Fsp3) is 0.276. The highest BCUT2D eigenvalue weighted by Gasteiger charge is 2.33. The van der Waals surface area contributed by atoms with E-state index in [1.54, 1.807) is 6.08 Å². The number of aromatic nitrogens is 2. The fourth-order valence-electron chi connectivity index (χ4n) is 4.66. The first kappa shape index (κ1) is 26.8. The van der Waals surface area contributed by atoms with Crippen LogP contribution < -0.4 is 5.32 Å². The minimum atomic E-state index is -3.04. The van der Waals surface area contributed by atoms with E-state index in [2.05, 4.69) is 10.3 Å². The van der Waals surface area contributed by atoms with Gasteiger partial charge in [0.05, 0.1) is 12.8 Å². The Bertz CT molecular complexity index is 1470. The number of halogens is 2. The molecule has 0 radical (unpaired) electrons. The number of allylic oxidation sites excluding steroid dienone is 3. The number of carbonyl (C=O) groups is 2. The zero-order chi connectivity index (χ0) is 27.8. The number of anilines is 1. The van der Waals surface area contributed by atoms with Crippen LogP contribution >= 0.6 is 0 Å². The first-order valence-corrected chi connectivity index (χ1v) is 12.1. The quantitative estimate of drug-likeness (QED) is 0.368. The molecule has 0 spiro atoms. The molecule has 0 saturated heterocycles. The summed E-state index contributed by atoms with van der Waals surface area (Å²) in [5, 5.41) is 13.5. The summed E-state index contributed by atoms with van der Waals surface area (Å²) in [5.41, 5.74) is 3.40. The predicted octanol–water partition coefficient (Wildman–Crippen LogP) is 6.08. The van der Waals surface area contributed by atoms with E-state index in [0.717, 1.165) is 16.7 Å². The molecule has 1 atom stereocenters. The van der Waals surface area contributed by atoms with Crippen molar-refractivity contribution in [3.05, 3.63) is 99.8 Å². The number of hydrogen-bond acceptors (Lipinski definition) is 5. The lowest BCUT2D eigenvalue weighted by atomic mass is 9.86. The Morgan fingerprint density at radius 3 is 2.45 bits per heavy atom. The second kappa shape index (κ2) is 10.2. The van der Waals surface area contributed by atoms with Gasteiger partial charge < -0.3 is 15.3 Å². The topological polar surface area (TPSA) is 93.5 Å². The van der Waals surface area contributed by atoms with Crippen LogP contribution in [0.2, 0.25) is 0 Å². The Hall–Kier alpha value is -4.27. The largest absolute Gasteiger partial charge is 0.496 e. The number of benzene rings is 2. The van der Waals surface area contributed by atoms with Crippen molar-refractivity contribution in [3.63, 3.8) is 0 Å². The number of aryl methyl sites for hydroxylation is 3. The maximum Gasteiger partial charge on any atom is 0.277 e. The molecule has 1 aliphatic rings. The zero-order valence-electron chi connectivity index (χ0n) is 21.8. The van der Waals surface area contributed by atoms with E-state index in [1.807, 2.05) is 32.0 Å². The molecular formula is C29H29F2N3O4. The van der Waals surface area contributed by atoms with Gasteiger partial charge in [-0.2, -0.15) is 4.73 Å². The van der Waals surface area contributed by atoms with Crippen molar-refractivity contribution in [2.45, 2.75) is 46.0 Å². The van der Waals surface area contributed by atoms with Crippen LogP contribution in [0.5, 0.6) is 0 Å². The second-order valence-electron chi connectivity index (χ2n) is 9.25. The number of nitrogens with zero attached hydrogens (tertiary/aromatic N) is 2. The summed E-state index contributed by atoms with van der Waals surface area (Å²) in [6, 6.07) is 11.2. The van der Waals surface area contributed by atoms with E-state index in [9.17, 15) is 23.6 Å². The number of rotatable bonds is 7. The summed E-state index contributed by atoms with van der Waals surface area (Å²) >= 11 is 0. The lowest BCUT2D eigenvalue weighted by Gasteiger charge is -2.22. The molecule has 1 heterocycles. The number of hydrogen-bond donors (Lipinski definition) is 2. The van der Waals surface area contributed by atoms with Crippen LogP contribution in [0.25, 0.3) is 5.57 Å². The van der Waals surface area contributed by atoms with E-state index in [1.165, 1.54) is 51.3 Å². The second-order valence-corrected chi connectivity index (χ2v) is 9.25. The Kier molecular flexibility index (Phi) is 7.22. The molecule has 3 aromatic rings. The highest BCUT2D eigenvalue weighted by atomic mass is 19.3. The minimum absolute atomic E-state index is 0.0425. The van der Waals surface area contributed by atoms with Gasteiger partial charge in [-0.3, -0.25) is 9.59 Å². The number of amides is 1. The van der Waals surface area contributed by atoms with Crippen LogP contribution in [0, 0.1) is 20.8 Å². The van der Waals surface area contributed by atoms with E-state index >= 15 is 0 Å². The molecule has 9 heteroatoms. The predicted molar refractivity (Wildman–Crippen MR) is 139 cm³/mol.